The summed E-state index contributed by atoms with van der Waals surface area (Å²) in [4.78, 5) is 28.4. The van der Waals surface area contributed by atoms with Gasteiger partial charge >= 0.3 is 6.03 Å². The van der Waals surface area contributed by atoms with E-state index in [1.54, 1.807) is 12.3 Å². The highest BCUT2D eigenvalue weighted by Crippen LogP contribution is 2.28. The van der Waals surface area contributed by atoms with E-state index < -0.39 is 26.2 Å². The highest BCUT2D eigenvalue weighted by atomic mass is 32.2. The van der Waals surface area contributed by atoms with E-state index in [4.69, 9.17) is 9.94 Å². The number of ether oxygens (including phenoxy) is 1. The van der Waals surface area contributed by atoms with Gasteiger partial charge < -0.3 is 9.64 Å². The van der Waals surface area contributed by atoms with Gasteiger partial charge in [0.1, 0.15) is 0 Å². The summed E-state index contributed by atoms with van der Waals surface area (Å²) in [5, 5.41) is 8.94. The van der Waals surface area contributed by atoms with Gasteiger partial charge in [0.25, 0.3) is 5.91 Å². The second kappa shape index (κ2) is 9.87. The fourth-order valence-electron chi connectivity index (χ4n) is 4.45. The minimum absolute atomic E-state index is 0.00618. The number of halogens is 1. The van der Waals surface area contributed by atoms with Crippen LogP contribution in [0.15, 0.2) is 12.3 Å². The molecule has 2 N–H and O–H groups in total. The van der Waals surface area contributed by atoms with Crippen LogP contribution in [0.4, 0.5) is 9.18 Å². The first-order valence-corrected chi connectivity index (χ1v) is 13.5. The molecule has 0 bridgehead atoms. The molecule has 2 fully saturated rings. The standard InChI is InChI=1S/C24H29FN4O6S/c1-23(21(30)26-32,36(2,33)34)7-10-28-15-19-13-18(14-29(19)22(28)31)5-3-4-6-24(25)8-11-27(12-9-24)20-16-35-17-20/h13-14,20,32H,7-12,15-17H2,1-2H3,(H,26,30). The van der Waals surface area contributed by atoms with Crippen molar-refractivity contribution in [3.63, 3.8) is 0 Å². The molecule has 3 aliphatic heterocycles. The predicted octanol–water partition coefficient (Wildman–Crippen LogP) is 0.528. The van der Waals surface area contributed by atoms with Crippen LogP contribution in [0.1, 0.15) is 37.4 Å². The average Bonchev–Trinajstić information content (AvgIpc) is 3.32. The molecule has 10 nitrogen and oxygen atoms in total. The van der Waals surface area contributed by atoms with Crippen molar-refractivity contribution in [1.82, 2.24) is 19.8 Å². The summed E-state index contributed by atoms with van der Waals surface area (Å²) in [6.45, 7) is 4.11. The zero-order chi connectivity index (χ0) is 26.1. The molecule has 3 aliphatic rings. The summed E-state index contributed by atoms with van der Waals surface area (Å²) in [5.41, 5.74) is 1.05. The molecule has 0 spiro atoms. The van der Waals surface area contributed by atoms with E-state index in [-0.39, 0.29) is 25.5 Å². The Bertz CT molecular complexity index is 1270. The average molecular weight is 521 g/mol. The van der Waals surface area contributed by atoms with Crippen LogP contribution in [0.2, 0.25) is 0 Å². The van der Waals surface area contributed by atoms with Crippen LogP contribution < -0.4 is 5.48 Å². The van der Waals surface area contributed by atoms with Gasteiger partial charge in [0.2, 0.25) is 0 Å². The lowest BCUT2D eigenvalue weighted by molar-refractivity contribution is -0.131. The highest BCUT2D eigenvalue weighted by Gasteiger charge is 2.44. The molecule has 1 aromatic heterocycles. The van der Waals surface area contributed by atoms with Gasteiger partial charge in [-0.15, -0.1) is 0 Å². The van der Waals surface area contributed by atoms with Crippen molar-refractivity contribution in [2.75, 3.05) is 39.1 Å². The highest BCUT2D eigenvalue weighted by molar-refractivity contribution is 7.92. The van der Waals surface area contributed by atoms with Crippen molar-refractivity contribution in [2.24, 2.45) is 0 Å². The number of likely N-dealkylation sites (tertiary alicyclic amines) is 1. The number of rotatable bonds is 6. The Morgan fingerprint density at radius 2 is 2.03 bits per heavy atom. The first-order valence-electron chi connectivity index (χ1n) is 11.6. The Labute approximate surface area is 209 Å². The maximum Gasteiger partial charge on any atom is 0.328 e. The summed E-state index contributed by atoms with van der Waals surface area (Å²) >= 11 is 0. The minimum Gasteiger partial charge on any atom is -0.378 e. The van der Waals surface area contributed by atoms with E-state index in [9.17, 15) is 22.4 Å². The normalized spacial score (nSPS) is 21.3. The molecular formula is C24H29FN4O6S. The Kier molecular flexibility index (Phi) is 7.17. The molecule has 12 heteroatoms. The van der Waals surface area contributed by atoms with Gasteiger partial charge in [-0.2, -0.15) is 0 Å². The van der Waals surface area contributed by atoms with Crippen LogP contribution in [0, 0.1) is 23.7 Å². The smallest absolute Gasteiger partial charge is 0.328 e. The number of hydrogen-bond acceptors (Lipinski definition) is 7. The zero-order valence-electron chi connectivity index (χ0n) is 20.2. The summed E-state index contributed by atoms with van der Waals surface area (Å²) in [6.07, 6.45) is 2.94. The molecule has 1 unspecified atom stereocenters. The number of fused-ring (bicyclic) bond motifs is 1. The molecule has 2 amide bonds. The van der Waals surface area contributed by atoms with Crippen LogP contribution in [0.25, 0.3) is 0 Å². The van der Waals surface area contributed by atoms with Gasteiger partial charge in [-0.05, 0) is 37.2 Å². The number of hydroxylamine groups is 1. The van der Waals surface area contributed by atoms with Crippen molar-refractivity contribution in [1.29, 1.82) is 0 Å². The fourth-order valence-corrected chi connectivity index (χ4v) is 5.29. The van der Waals surface area contributed by atoms with Gasteiger partial charge in [-0.3, -0.25) is 19.5 Å². The summed E-state index contributed by atoms with van der Waals surface area (Å²) in [6, 6.07) is 1.73. The third kappa shape index (κ3) is 5.13. The van der Waals surface area contributed by atoms with Crippen LogP contribution in [0.3, 0.4) is 0 Å². The number of amides is 2. The van der Waals surface area contributed by atoms with E-state index in [1.807, 2.05) is 0 Å². The first-order chi connectivity index (χ1) is 17.0. The van der Waals surface area contributed by atoms with Crippen molar-refractivity contribution < 1.29 is 32.3 Å². The molecule has 0 aromatic carbocycles. The second-order valence-corrected chi connectivity index (χ2v) is 12.1. The molecule has 0 aliphatic carbocycles. The third-order valence-corrected chi connectivity index (χ3v) is 9.30. The third-order valence-electron chi connectivity index (χ3n) is 7.27. The number of piperidine rings is 1. The number of carbonyl (C=O) groups is 2. The van der Waals surface area contributed by atoms with Gasteiger partial charge in [-0.1, -0.05) is 5.92 Å². The van der Waals surface area contributed by atoms with Crippen LogP contribution in [-0.2, 0) is 25.9 Å². The maximum atomic E-state index is 15.0. The Hall–Kier alpha value is -2.90. The molecule has 1 atom stereocenters. The second-order valence-electron chi connectivity index (χ2n) is 9.68. The molecular weight excluding hydrogens is 491 g/mol. The number of sulfone groups is 1. The molecule has 1 aromatic rings. The van der Waals surface area contributed by atoms with Crippen molar-refractivity contribution >= 4 is 21.8 Å². The Balaban J connectivity index is 1.34. The predicted molar refractivity (Wildman–Crippen MR) is 127 cm³/mol. The molecule has 2 saturated heterocycles. The molecule has 194 valence electrons. The molecule has 4 heterocycles. The molecule has 4 rings (SSSR count). The van der Waals surface area contributed by atoms with E-state index in [1.165, 1.54) is 21.9 Å². The number of carbonyl (C=O) groups excluding carboxylic acids is 2. The number of alkyl halides is 1. The largest absolute Gasteiger partial charge is 0.378 e. The van der Waals surface area contributed by atoms with Crippen molar-refractivity contribution in [3.8, 4) is 23.7 Å². The van der Waals surface area contributed by atoms with E-state index in [0.717, 1.165) is 6.26 Å². The number of nitrogens with one attached hydrogen (secondary N) is 1. The van der Waals surface area contributed by atoms with E-state index in [2.05, 4.69) is 28.6 Å². The van der Waals surface area contributed by atoms with Crippen LogP contribution in [0.5, 0.6) is 0 Å². The first kappa shape index (κ1) is 26.2. The zero-order valence-corrected chi connectivity index (χ0v) is 21.0. The van der Waals surface area contributed by atoms with Crippen LogP contribution in [-0.4, -0.2) is 95.5 Å². The summed E-state index contributed by atoms with van der Waals surface area (Å²) in [7, 11) is -3.86. The topological polar surface area (TPSA) is 121 Å². The lowest BCUT2D eigenvalue weighted by Gasteiger charge is -2.42. The summed E-state index contributed by atoms with van der Waals surface area (Å²) < 4.78 is 43.9. The summed E-state index contributed by atoms with van der Waals surface area (Å²) in [5.74, 6) is 9.73. The number of aromatic nitrogens is 1. The fraction of sp³-hybridized carbons (Fsp3) is 0.583. The van der Waals surface area contributed by atoms with Gasteiger partial charge in [0.05, 0.1) is 25.8 Å². The van der Waals surface area contributed by atoms with Crippen molar-refractivity contribution in [3.05, 3.63) is 23.5 Å². The lowest BCUT2D eigenvalue weighted by atomic mass is 9.93. The van der Waals surface area contributed by atoms with Gasteiger partial charge in [0.15, 0.2) is 20.3 Å². The minimum atomic E-state index is -3.86. The van der Waals surface area contributed by atoms with Crippen molar-refractivity contribution in [2.45, 2.75) is 49.2 Å². The van der Waals surface area contributed by atoms with Gasteiger partial charge in [-0.25, -0.2) is 23.1 Å². The molecule has 0 saturated carbocycles. The van der Waals surface area contributed by atoms with E-state index >= 15 is 0 Å². The van der Waals surface area contributed by atoms with Crippen LogP contribution >= 0.6 is 0 Å². The Morgan fingerprint density at radius 1 is 1.33 bits per heavy atom. The SMILES string of the molecule is CC(CCN1Cc2cc(C#CC#CC3(F)CCN(C4COC4)CC3)cn2C1=O)(C(=O)NO)S(C)(=O)=O. The monoisotopic (exact) mass is 520 g/mol. The maximum absolute atomic E-state index is 15.0. The number of hydrogen-bond donors (Lipinski definition) is 2. The Morgan fingerprint density at radius 3 is 2.58 bits per heavy atom. The molecule has 0 radical (unpaired) electrons. The quantitative estimate of drug-likeness (QED) is 0.319. The van der Waals surface area contributed by atoms with E-state index in [0.29, 0.717) is 56.4 Å². The molecule has 36 heavy (non-hydrogen) atoms. The lowest BCUT2D eigenvalue weighted by Crippen LogP contribution is -2.53. The van der Waals surface area contributed by atoms with Gasteiger partial charge in [0, 0.05) is 56.2 Å². The number of nitrogens with zero attached hydrogens (tertiary/aromatic N) is 3.